The van der Waals surface area contributed by atoms with Gasteiger partial charge in [-0.1, -0.05) is 29.3 Å². The van der Waals surface area contributed by atoms with Crippen LogP contribution >= 0.6 is 23.2 Å². The van der Waals surface area contributed by atoms with Crippen molar-refractivity contribution in [2.45, 2.75) is 31.8 Å². The Balaban J connectivity index is 1.44. The van der Waals surface area contributed by atoms with E-state index in [-0.39, 0.29) is 18.2 Å². The number of ether oxygens (including phenoxy) is 1. The van der Waals surface area contributed by atoms with Crippen molar-refractivity contribution in [3.63, 3.8) is 0 Å². The Morgan fingerprint density at radius 2 is 2.06 bits per heavy atom. The van der Waals surface area contributed by atoms with E-state index in [0.29, 0.717) is 55.1 Å². The minimum absolute atomic E-state index is 0.0223. The molecule has 0 saturated carbocycles. The van der Waals surface area contributed by atoms with Gasteiger partial charge in [0.15, 0.2) is 0 Å². The molecule has 0 bridgehead atoms. The lowest BCUT2D eigenvalue weighted by Gasteiger charge is -2.34. The highest BCUT2D eigenvalue weighted by molar-refractivity contribution is 6.42. The number of halogens is 2. The zero-order chi connectivity index (χ0) is 24.5. The molecule has 2 amide bonds. The summed E-state index contributed by atoms with van der Waals surface area (Å²) in [6.07, 6.45) is 5.82. The van der Waals surface area contributed by atoms with Crippen LogP contribution in [0, 0.1) is 5.92 Å². The average molecular weight is 512 g/mol. The Bertz CT molecular complexity index is 865. The summed E-state index contributed by atoms with van der Waals surface area (Å²) in [7, 11) is 1.73. The predicted molar refractivity (Wildman–Crippen MR) is 135 cm³/mol. The largest absolute Gasteiger partial charge is 0.392 e. The van der Waals surface area contributed by atoms with Gasteiger partial charge in [0.25, 0.3) is 0 Å². The summed E-state index contributed by atoms with van der Waals surface area (Å²) >= 11 is 12.0. The average Bonchev–Trinajstić information content (AvgIpc) is 3.00. The monoisotopic (exact) mass is 511 g/mol. The Morgan fingerprint density at radius 3 is 2.82 bits per heavy atom. The Kier molecular flexibility index (Phi) is 10.7. The zero-order valence-electron chi connectivity index (χ0n) is 19.8. The van der Waals surface area contributed by atoms with Crippen LogP contribution in [0.2, 0.25) is 10.0 Å². The second-order valence-corrected chi connectivity index (χ2v) is 9.94. The van der Waals surface area contributed by atoms with Gasteiger partial charge in [-0.05, 0) is 55.5 Å². The number of piperidine rings is 1. The van der Waals surface area contributed by atoms with Crippen LogP contribution < -0.4 is 0 Å². The number of amides is 2. The van der Waals surface area contributed by atoms with Crippen molar-refractivity contribution in [1.82, 2.24) is 14.7 Å². The van der Waals surface area contributed by atoms with Crippen LogP contribution in [-0.4, -0.2) is 97.3 Å². The van der Waals surface area contributed by atoms with Crippen molar-refractivity contribution in [2.75, 3.05) is 59.5 Å². The molecule has 2 aliphatic rings. The number of benzene rings is 1. The first-order valence-electron chi connectivity index (χ1n) is 11.9. The molecule has 2 heterocycles. The highest BCUT2D eigenvalue weighted by Crippen LogP contribution is 2.23. The zero-order valence-corrected chi connectivity index (χ0v) is 21.3. The molecule has 0 spiro atoms. The third kappa shape index (κ3) is 8.24. The second kappa shape index (κ2) is 13.4. The van der Waals surface area contributed by atoms with Gasteiger partial charge in [-0.3, -0.25) is 9.59 Å². The minimum Gasteiger partial charge on any atom is -0.392 e. The third-order valence-corrected chi connectivity index (χ3v) is 7.21. The van der Waals surface area contributed by atoms with E-state index in [1.165, 1.54) is 12.5 Å². The molecule has 1 aromatic carbocycles. The molecule has 2 aliphatic heterocycles. The van der Waals surface area contributed by atoms with Gasteiger partial charge in [0.05, 0.1) is 22.8 Å². The highest BCUT2D eigenvalue weighted by Gasteiger charge is 2.25. The number of hydrogen-bond donors (Lipinski definition) is 1. The number of aliphatic hydroxyl groups excluding tert-OH is 1. The summed E-state index contributed by atoms with van der Waals surface area (Å²) in [4.78, 5) is 31.0. The van der Waals surface area contributed by atoms with Gasteiger partial charge < -0.3 is 24.5 Å². The SMILES string of the molecule is COCC1CCCN(CC(O)CCN2CCN(C(=O)C=Cc3ccc(Cl)c(Cl)c3)CCC2=O)C1. The van der Waals surface area contributed by atoms with Crippen molar-refractivity contribution in [3.05, 3.63) is 39.9 Å². The van der Waals surface area contributed by atoms with E-state index in [9.17, 15) is 14.7 Å². The van der Waals surface area contributed by atoms with Crippen LogP contribution in [0.1, 0.15) is 31.2 Å². The first kappa shape index (κ1) is 27.0. The van der Waals surface area contributed by atoms with Crippen LogP contribution in [-0.2, 0) is 14.3 Å². The summed E-state index contributed by atoms with van der Waals surface area (Å²) in [6, 6.07) is 5.18. The van der Waals surface area contributed by atoms with Gasteiger partial charge >= 0.3 is 0 Å². The molecule has 1 N–H and O–H groups in total. The Morgan fingerprint density at radius 1 is 1.24 bits per heavy atom. The van der Waals surface area contributed by atoms with Gasteiger partial charge in [0, 0.05) is 58.9 Å². The molecule has 2 saturated heterocycles. The van der Waals surface area contributed by atoms with Crippen LogP contribution in [0.5, 0.6) is 0 Å². The molecule has 2 unspecified atom stereocenters. The summed E-state index contributed by atoms with van der Waals surface area (Å²) in [5.74, 6) is 0.401. The molecule has 34 heavy (non-hydrogen) atoms. The number of aliphatic hydroxyl groups is 1. The van der Waals surface area contributed by atoms with Gasteiger partial charge in [-0.2, -0.15) is 0 Å². The van der Waals surface area contributed by atoms with E-state index >= 15 is 0 Å². The standard InChI is InChI=1S/C25H35Cl2N3O4/c1-34-18-20-3-2-10-28(16-20)17-21(31)8-11-29-13-14-30(12-9-25(29)33)24(32)7-5-19-4-6-22(26)23(27)15-19/h4-7,15,20-21,31H,2-3,8-14,16-18H2,1H3. The maximum absolute atomic E-state index is 12.6. The fourth-order valence-corrected chi connectivity index (χ4v) is 4.90. The van der Waals surface area contributed by atoms with E-state index < -0.39 is 6.10 Å². The molecule has 0 aromatic heterocycles. The van der Waals surface area contributed by atoms with E-state index in [0.717, 1.165) is 31.7 Å². The van der Waals surface area contributed by atoms with Crippen molar-refractivity contribution >= 4 is 41.1 Å². The number of hydrogen-bond acceptors (Lipinski definition) is 5. The van der Waals surface area contributed by atoms with E-state index in [1.807, 2.05) is 0 Å². The number of methoxy groups -OCH3 is 1. The van der Waals surface area contributed by atoms with Crippen molar-refractivity contribution in [3.8, 4) is 0 Å². The Hall–Kier alpha value is -1.64. The van der Waals surface area contributed by atoms with Crippen molar-refractivity contribution in [1.29, 1.82) is 0 Å². The fourth-order valence-electron chi connectivity index (χ4n) is 4.60. The Labute approximate surface area is 212 Å². The molecule has 7 nitrogen and oxygen atoms in total. The first-order valence-corrected chi connectivity index (χ1v) is 12.7. The molecule has 9 heteroatoms. The van der Waals surface area contributed by atoms with Crippen LogP contribution in [0.3, 0.4) is 0 Å². The maximum atomic E-state index is 12.6. The summed E-state index contributed by atoms with van der Waals surface area (Å²) in [6.45, 7) is 5.13. The number of nitrogens with zero attached hydrogens (tertiary/aromatic N) is 3. The fraction of sp³-hybridized carbons (Fsp3) is 0.600. The molecular formula is C25H35Cl2N3O4. The summed E-state index contributed by atoms with van der Waals surface area (Å²) in [5, 5.41) is 11.5. The molecule has 188 valence electrons. The van der Waals surface area contributed by atoms with Gasteiger partial charge in [-0.15, -0.1) is 0 Å². The quantitative estimate of drug-likeness (QED) is 0.515. The molecule has 2 fully saturated rings. The number of carbonyl (C=O) groups excluding carboxylic acids is 2. The van der Waals surface area contributed by atoms with Crippen molar-refractivity contribution < 1.29 is 19.4 Å². The molecule has 0 radical (unpaired) electrons. The first-order chi connectivity index (χ1) is 16.4. The molecule has 0 aliphatic carbocycles. The van der Waals surface area contributed by atoms with Gasteiger partial charge in [0.2, 0.25) is 11.8 Å². The molecule has 2 atom stereocenters. The molecule has 1 aromatic rings. The van der Waals surface area contributed by atoms with Gasteiger partial charge in [0.1, 0.15) is 0 Å². The lowest BCUT2D eigenvalue weighted by atomic mass is 9.98. The van der Waals surface area contributed by atoms with E-state index in [1.54, 1.807) is 41.2 Å². The highest BCUT2D eigenvalue weighted by atomic mass is 35.5. The minimum atomic E-state index is -0.482. The topological polar surface area (TPSA) is 73.3 Å². The van der Waals surface area contributed by atoms with Crippen LogP contribution in [0.25, 0.3) is 6.08 Å². The molecule has 3 rings (SSSR count). The van der Waals surface area contributed by atoms with Crippen LogP contribution in [0.4, 0.5) is 0 Å². The normalized spacial score (nSPS) is 21.2. The third-order valence-electron chi connectivity index (χ3n) is 6.47. The van der Waals surface area contributed by atoms with Crippen LogP contribution in [0.15, 0.2) is 24.3 Å². The smallest absolute Gasteiger partial charge is 0.246 e. The number of rotatable bonds is 9. The van der Waals surface area contributed by atoms with E-state index in [2.05, 4.69) is 4.90 Å². The number of carbonyl (C=O) groups is 2. The second-order valence-electron chi connectivity index (χ2n) is 9.13. The maximum Gasteiger partial charge on any atom is 0.246 e. The van der Waals surface area contributed by atoms with Crippen molar-refractivity contribution in [2.24, 2.45) is 5.92 Å². The van der Waals surface area contributed by atoms with Gasteiger partial charge in [-0.25, -0.2) is 0 Å². The summed E-state index contributed by atoms with van der Waals surface area (Å²) < 4.78 is 5.28. The summed E-state index contributed by atoms with van der Waals surface area (Å²) in [5.41, 5.74) is 0.784. The predicted octanol–water partition coefficient (Wildman–Crippen LogP) is 3.18. The lowest BCUT2D eigenvalue weighted by molar-refractivity contribution is -0.130. The molecular weight excluding hydrogens is 477 g/mol. The number of likely N-dealkylation sites (tertiary alicyclic amines) is 1. The number of β-amino-alcohol motifs (C(OH)–C–C–N with tert-alkyl or cyclic N) is 1. The lowest BCUT2D eigenvalue weighted by Crippen LogP contribution is -2.42. The van der Waals surface area contributed by atoms with E-state index in [4.69, 9.17) is 27.9 Å².